The summed E-state index contributed by atoms with van der Waals surface area (Å²) in [5.74, 6) is -5.06. The number of hydrogen-bond acceptors (Lipinski definition) is 3. The van der Waals surface area contributed by atoms with Crippen molar-refractivity contribution in [1.82, 2.24) is 4.57 Å². The molecule has 0 aliphatic rings. The smallest absolute Gasteiger partial charge is 0.311 e. The molecule has 0 spiro atoms. The number of hydrogen-bond donors (Lipinski definition) is 2. The van der Waals surface area contributed by atoms with Gasteiger partial charge in [0.25, 0.3) is 5.91 Å². The van der Waals surface area contributed by atoms with Gasteiger partial charge in [-0.3, -0.25) is 14.2 Å². The monoisotopic (exact) mass is 401 g/mol. The maximum absolute atomic E-state index is 13.7. The molecule has 3 rings (SSSR count). The summed E-state index contributed by atoms with van der Waals surface area (Å²) in [6, 6.07) is 7.18. The number of carboxylic acids is 1. The fourth-order valence-electron chi connectivity index (χ4n) is 3.73. The molecule has 1 aromatic heterocycles. The lowest BCUT2D eigenvalue weighted by Gasteiger charge is -2.20. The van der Waals surface area contributed by atoms with Crippen LogP contribution in [0.3, 0.4) is 0 Å². The molecule has 0 aliphatic carbocycles. The van der Waals surface area contributed by atoms with Crippen molar-refractivity contribution in [2.24, 2.45) is 5.92 Å². The van der Waals surface area contributed by atoms with Gasteiger partial charge in [0.05, 0.1) is 11.4 Å². The maximum Gasteiger partial charge on any atom is 0.311 e. The minimum Gasteiger partial charge on any atom is -0.508 e. The van der Waals surface area contributed by atoms with Crippen molar-refractivity contribution in [1.29, 1.82) is 0 Å². The molecule has 1 heterocycles. The van der Waals surface area contributed by atoms with Crippen molar-refractivity contribution in [2.45, 2.75) is 33.1 Å². The van der Waals surface area contributed by atoms with E-state index in [-0.39, 0.29) is 17.2 Å². The second-order valence-corrected chi connectivity index (χ2v) is 7.17. The van der Waals surface area contributed by atoms with Crippen LogP contribution in [0.1, 0.15) is 47.8 Å². The summed E-state index contributed by atoms with van der Waals surface area (Å²) in [6.07, 6.45) is 0.596. The molecule has 0 saturated heterocycles. The van der Waals surface area contributed by atoms with E-state index in [0.717, 1.165) is 12.1 Å². The van der Waals surface area contributed by atoms with Gasteiger partial charge in [-0.25, -0.2) is 8.78 Å². The van der Waals surface area contributed by atoms with Crippen LogP contribution in [-0.2, 0) is 4.79 Å². The average molecular weight is 401 g/mol. The zero-order chi connectivity index (χ0) is 21.5. The zero-order valence-electron chi connectivity index (χ0n) is 16.2. The summed E-state index contributed by atoms with van der Waals surface area (Å²) in [6.45, 7) is 5.29. The Kier molecular flexibility index (Phi) is 5.42. The summed E-state index contributed by atoms with van der Waals surface area (Å²) in [7, 11) is 0. The molecular formula is C22H21F2NO4. The Labute approximate surface area is 166 Å². The number of aromatic hydroxyl groups is 1. The minimum absolute atomic E-state index is 0.0653. The standard InChI is InChI=1S/C22H21F2NO4/c1-4-11(2)19(22(28)29)20-12(3)25(18-8-6-14(26)10-15(18)20)21(27)13-5-7-16(23)17(24)9-13/h5-11,19,26H,4H2,1-3H3,(H,28,29). The highest BCUT2D eigenvalue weighted by Crippen LogP contribution is 2.38. The lowest BCUT2D eigenvalue weighted by molar-refractivity contribution is -0.140. The molecule has 0 saturated carbocycles. The summed E-state index contributed by atoms with van der Waals surface area (Å²) in [4.78, 5) is 25.2. The number of carbonyl (C=O) groups excluding carboxylic acids is 1. The number of benzene rings is 2. The van der Waals surface area contributed by atoms with Crippen molar-refractivity contribution in [3.8, 4) is 5.75 Å². The Hall–Kier alpha value is -3.22. The molecular weight excluding hydrogens is 380 g/mol. The molecule has 0 fully saturated rings. The van der Waals surface area contributed by atoms with E-state index >= 15 is 0 Å². The van der Waals surface area contributed by atoms with Crippen molar-refractivity contribution in [3.05, 3.63) is 64.9 Å². The molecule has 2 unspecified atom stereocenters. The van der Waals surface area contributed by atoms with Crippen molar-refractivity contribution >= 4 is 22.8 Å². The predicted molar refractivity (Wildman–Crippen MR) is 104 cm³/mol. The zero-order valence-corrected chi connectivity index (χ0v) is 16.2. The quantitative estimate of drug-likeness (QED) is 0.641. The number of carboxylic acid groups (broad SMARTS) is 1. The molecule has 0 bridgehead atoms. The Morgan fingerprint density at radius 2 is 1.79 bits per heavy atom. The van der Waals surface area contributed by atoms with Gasteiger partial charge >= 0.3 is 5.97 Å². The summed E-state index contributed by atoms with van der Waals surface area (Å²) < 4.78 is 28.2. The van der Waals surface area contributed by atoms with Crippen LogP contribution in [-0.4, -0.2) is 26.7 Å². The SMILES string of the molecule is CCC(C)C(C(=O)O)c1c(C)n(C(=O)c2ccc(F)c(F)c2)c2ccc(O)cc12. The molecule has 0 amide bonds. The first kappa shape index (κ1) is 20.5. The van der Waals surface area contributed by atoms with Gasteiger partial charge in [-0.2, -0.15) is 0 Å². The first-order chi connectivity index (χ1) is 13.7. The Morgan fingerprint density at radius 3 is 2.38 bits per heavy atom. The Balaban J connectivity index is 2.31. The largest absolute Gasteiger partial charge is 0.508 e. The van der Waals surface area contributed by atoms with Crippen LogP contribution >= 0.6 is 0 Å². The van der Waals surface area contributed by atoms with E-state index in [4.69, 9.17) is 0 Å². The minimum atomic E-state index is -1.15. The van der Waals surface area contributed by atoms with Crippen LogP contribution in [0.4, 0.5) is 8.78 Å². The van der Waals surface area contributed by atoms with Crippen LogP contribution in [0.25, 0.3) is 10.9 Å². The number of halogens is 2. The van der Waals surface area contributed by atoms with E-state index in [1.54, 1.807) is 13.8 Å². The van der Waals surface area contributed by atoms with Crippen molar-refractivity contribution < 1.29 is 28.6 Å². The van der Waals surface area contributed by atoms with E-state index in [2.05, 4.69) is 0 Å². The molecule has 0 radical (unpaired) electrons. The third-order valence-corrected chi connectivity index (χ3v) is 5.40. The van der Waals surface area contributed by atoms with Crippen LogP contribution in [0.15, 0.2) is 36.4 Å². The number of aromatic nitrogens is 1. The second kappa shape index (κ2) is 7.66. The second-order valence-electron chi connectivity index (χ2n) is 7.17. The van der Waals surface area contributed by atoms with Gasteiger partial charge in [-0.05, 0) is 54.8 Å². The van der Waals surface area contributed by atoms with Crippen LogP contribution in [0.2, 0.25) is 0 Å². The first-order valence-electron chi connectivity index (χ1n) is 9.23. The van der Waals surface area contributed by atoms with E-state index < -0.39 is 29.4 Å². The lowest BCUT2D eigenvalue weighted by Crippen LogP contribution is -2.21. The number of rotatable bonds is 5. The number of aliphatic carboxylic acids is 1. The van der Waals surface area contributed by atoms with E-state index in [0.29, 0.717) is 28.6 Å². The highest BCUT2D eigenvalue weighted by Gasteiger charge is 2.32. The molecule has 5 nitrogen and oxygen atoms in total. The van der Waals surface area contributed by atoms with Gasteiger partial charge in [0.2, 0.25) is 0 Å². The van der Waals surface area contributed by atoms with E-state index in [1.165, 1.54) is 28.8 Å². The predicted octanol–water partition coefficient (Wildman–Crippen LogP) is 4.84. The number of phenols is 1. The van der Waals surface area contributed by atoms with Crippen molar-refractivity contribution in [3.63, 3.8) is 0 Å². The third-order valence-electron chi connectivity index (χ3n) is 5.40. The average Bonchev–Trinajstić information content (AvgIpc) is 2.94. The maximum atomic E-state index is 13.7. The summed E-state index contributed by atoms with van der Waals surface area (Å²) in [5.41, 5.74) is 1.13. The van der Waals surface area contributed by atoms with Gasteiger partial charge < -0.3 is 10.2 Å². The number of carbonyl (C=O) groups is 2. The van der Waals surface area contributed by atoms with Gasteiger partial charge in [0, 0.05) is 16.6 Å². The highest BCUT2D eigenvalue weighted by molar-refractivity contribution is 6.05. The number of nitrogens with zero attached hydrogens (tertiary/aromatic N) is 1. The van der Waals surface area contributed by atoms with Crippen LogP contribution in [0, 0.1) is 24.5 Å². The van der Waals surface area contributed by atoms with Gasteiger partial charge in [-0.1, -0.05) is 20.3 Å². The van der Waals surface area contributed by atoms with Crippen LogP contribution in [0.5, 0.6) is 5.75 Å². The summed E-state index contributed by atoms with van der Waals surface area (Å²) in [5, 5.41) is 20.3. The lowest BCUT2D eigenvalue weighted by atomic mass is 9.84. The molecule has 2 aromatic carbocycles. The van der Waals surface area contributed by atoms with Crippen LogP contribution < -0.4 is 0 Å². The van der Waals surface area contributed by atoms with Gasteiger partial charge in [0.1, 0.15) is 5.75 Å². The third kappa shape index (κ3) is 3.48. The van der Waals surface area contributed by atoms with E-state index in [1.807, 2.05) is 6.92 Å². The molecule has 3 aromatic rings. The van der Waals surface area contributed by atoms with Gasteiger partial charge in [0.15, 0.2) is 11.6 Å². The molecule has 152 valence electrons. The number of phenolic OH excluding ortho intramolecular Hbond substituents is 1. The highest BCUT2D eigenvalue weighted by atomic mass is 19.2. The molecule has 2 N–H and O–H groups in total. The molecule has 7 heteroatoms. The normalized spacial score (nSPS) is 13.4. The molecule has 29 heavy (non-hydrogen) atoms. The Bertz CT molecular complexity index is 1120. The molecule has 2 atom stereocenters. The fourth-order valence-corrected chi connectivity index (χ4v) is 3.73. The first-order valence-corrected chi connectivity index (χ1v) is 9.23. The van der Waals surface area contributed by atoms with Crippen molar-refractivity contribution in [2.75, 3.05) is 0 Å². The summed E-state index contributed by atoms with van der Waals surface area (Å²) >= 11 is 0. The fraction of sp³-hybridized carbons (Fsp3) is 0.273. The Morgan fingerprint density at radius 1 is 1.10 bits per heavy atom. The van der Waals surface area contributed by atoms with Gasteiger partial charge in [-0.15, -0.1) is 0 Å². The molecule has 0 aliphatic heterocycles. The van der Waals surface area contributed by atoms with E-state index in [9.17, 15) is 28.6 Å². The number of fused-ring (bicyclic) bond motifs is 1. The topological polar surface area (TPSA) is 79.5 Å².